The molecule has 0 spiro atoms. The molecule has 5 aromatic rings. The summed E-state index contributed by atoms with van der Waals surface area (Å²) < 4.78 is 7.71. The van der Waals surface area contributed by atoms with Gasteiger partial charge in [0.2, 0.25) is 5.88 Å². The molecule has 0 bridgehead atoms. The van der Waals surface area contributed by atoms with Crippen LogP contribution in [0.15, 0.2) is 88.5 Å². The molecule has 2 aromatic heterocycles. The third kappa shape index (κ3) is 3.34. The number of methoxy groups -OCH3 is 1. The molecule has 1 aliphatic heterocycles. The Balaban J connectivity index is 1.66. The second-order valence-electron chi connectivity index (χ2n) is 8.73. The zero-order chi connectivity index (χ0) is 24.8. The average Bonchev–Trinajstić information content (AvgIpc) is 3.28. The Kier molecular flexibility index (Phi) is 5.23. The Bertz CT molecular complexity index is 1700. The van der Waals surface area contributed by atoms with Gasteiger partial charge in [-0.25, -0.2) is 13.9 Å². The maximum Gasteiger partial charge on any atom is 0.343 e. The van der Waals surface area contributed by atoms with Gasteiger partial charge in [-0.05, 0) is 54.4 Å². The zero-order valence-electron chi connectivity index (χ0n) is 19.6. The molecule has 180 valence electrons. The Labute approximate surface area is 206 Å². The molecule has 0 saturated carbocycles. The summed E-state index contributed by atoms with van der Waals surface area (Å²) in [6.07, 6.45) is 0.741. The van der Waals surface area contributed by atoms with E-state index in [4.69, 9.17) is 4.74 Å². The van der Waals surface area contributed by atoms with E-state index in [1.54, 1.807) is 55.6 Å². The Hall–Kier alpha value is -4.56. The van der Waals surface area contributed by atoms with Crippen molar-refractivity contribution in [1.82, 2.24) is 19.4 Å². The van der Waals surface area contributed by atoms with Gasteiger partial charge in [0.25, 0.3) is 5.56 Å². The quantitative estimate of drug-likeness (QED) is 0.366. The van der Waals surface area contributed by atoms with Crippen LogP contribution in [-0.4, -0.2) is 32.9 Å². The van der Waals surface area contributed by atoms with Gasteiger partial charge in [0.15, 0.2) is 0 Å². The largest absolute Gasteiger partial charge is 0.497 e. The van der Waals surface area contributed by atoms with Gasteiger partial charge in [-0.1, -0.05) is 36.4 Å². The highest BCUT2D eigenvalue weighted by atomic mass is 16.5. The van der Waals surface area contributed by atoms with Gasteiger partial charge in [-0.15, -0.1) is 0 Å². The van der Waals surface area contributed by atoms with Crippen LogP contribution in [0.1, 0.15) is 22.9 Å². The third-order valence-corrected chi connectivity index (χ3v) is 6.74. The first kappa shape index (κ1) is 21.9. The lowest BCUT2D eigenvalue weighted by atomic mass is 9.95. The van der Waals surface area contributed by atoms with E-state index in [1.165, 1.54) is 4.57 Å². The van der Waals surface area contributed by atoms with E-state index >= 15 is 0 Å². The van der Waals surface area contributed by atoms with E-state index in [2.05, 4.69) is 10.3 Å². The van der Waals surface area contributed by atoms with Crippen LogP contribution in [0.4, 0.5) is 0 Å². The zero-order valence-corrected chi connectivity index (χ0v) is 19.6. The number of aromatic nitrogens is 3. The van der Waals surface area contributed by atoms with Crippen LogP contribution in [-0.2, 0) is 6.42 Å². The number of aromatic hydroxyl groups is 1. The summed E-state index contributed by atoms with van der Waals surface area (Å²) in [5.74, 6) is 0.358. The molecule has 6 rings (SSSR count). The summed E-state index contributed by atoms with van der Waals surface area (Å²) in [7, 11) is 1.63. The standard InChI is InChI=1S/C28H24N4O4/c1-36-19-12-13-22-21(16-19)20-14-15-29-25(24(20)30-22)23-26(33)31(17-8-4-2-5-9-17)28(35)32(27(23)34)18-10-6-3-7-11-18/h2-13,16,25,29-30,33H,14-15H2,1H3/t25-/m0/s1. The highest BCUT2D eigenvalue weighted by Gasteiger charge is 2.33. The van der Waals surface area contributed by atoms with Gasteiger partial charge in [0, 0.05) is 23.1 Å². The van der Waals surface area contributed by atoms with E-state index in [1.807, 2.05) is 30.3 Å². The Morgan fingerprint density at radius 3 is 2.25 bits per heavy atom. The van der Waals surface area contributed by atoms with Crippen molar-refractivity contribution in [1.29, 1.82) is 0 Å². The molecule has 0 radical (unpaired) electrons. The normalized spacial score (nSPS) is 15.1. The van der Waals surface area contributed by atoms with Crippen molar-refractivity contribution in [2.75, 3.05) is 13.7 Å². The van der Waals surface area contributed by atoms with E-state index < -0.39 is 17.3 Å². The van der Waals surface area contributed by atoms with Gasteiger partial charge in [0.05, 0.1) is 24.5 Å². The van der Waals surface area contributed by atoms with Crippen molar-refractivity contribution in [2.45, 2.75) is 12.5 Å². The minimum Gasteiger partial charge on any atom is -0.497 e. The Morgan fingerprint density at radius 2 is 1.58 bits per heavy atom. The van der Waals surface area contributed by atoms with Gasteiger partial charge >= 0.3 is 5.69 Å². The number of ether oxygens (including phenoxy) is 1. The number of H-pyrrole nitrogens is 1. The molecule has 8 nitrogen and oxygen atoms in total. The van der Waals surface area contributed by atoms with Crippen LogP contribution < -0.4 is 21.3 Å². The number of aromatic amines is 1. The highest BCUT2D eigenvalue weighted by Crippen LogP contribution is 2.36. The minimum absolute atomic E-state index is 0.0989. The Morgan fingerprint density at radius 1 is 0.917 bits per heavy atom. The van der Waals surface area contributed by atoms with E-state index in [0.29, 0.717) is 17.9 Å². The fourth-order valence-electron chi connectivity index (χ4n) is 5.06. The van der Waals surface area contributed by atoms with E-state index in [-0.39, 0.29) is 11.4 Å². The number of hydrogen-bond donors (Lipinski definition) is 3. The molecule has 0 aliphatic carbocycles. The maximum absolute atomic E-state index is 13.9. The lowest BCUT2D eigenvalue weighted by Gasteiger charge is -2.26. The average molecular weight is 481 g/mol. The van der Waals surface area contributed by atoms with Crippen LogP contribution in [0, 0.1) is 0 Å². The molecule has 1 aliphatic rings. The van der Waals surface area contributed by atoms with Crippen molar-refractivity contribution >= 4 is 10.9 Å². The van der Waals surface area contributed by atoms with Crippen LogP contribution in [0.2, 0.25) is 0 Å². The smallest absolute Gasteiger partial charge is 0.343 e. The first-order valence-electron chi connectivity index (χ1n) is 11.7. The number of rotatable bonds is 4. The van der Waals surface area contributed by atoms with Gasteiger partial charge in [0.1, 0.15) is 11.3 Å². The topological polar surface area (TPSA) is 101 Å². The molecule has 3 N–H and O–H groups in total. The van der Waals surface area contributed by atoms with Gasteiger partial charge in [-0.2, -0.15) is 0 Å². The third-order valence-electron chi connectivity index (χ3n) is 6.74. The highest BCUT2D eigenvalue weighted by molar-refractivity contribution is 5.86. The molecule has 0 fully saturated rings. The summed E-state index contributed by atoms with van der Waals surface area (Å²) in [5, 5.41) is 15.9. The fourth-order valence-corrected chi connectivity index (χ4v) is 5.06. The van der Waals surface area contributed by atoms with Crippen LogP contribution in [0.3, 0.4) is 0 Å². The molecule has 0 unspecified atom stereocenters. The molecule has 0 saturated heterocycles. The second kappa shape index (κ2) is 8.58. The molecule has 1 atom stereocenters. The van der Waals surface area contributed by atoms with Crippen molar-refractivity contribution in [3.63, 3.8) is 0 Å². The van der Waals surface area contributed by atoms with Crippen LogP contribution in [0.25, 0.3) is 22.3 Å². The lowest BCUT2D eigenvalue weighted by Crippen LogP contribution is -2.43. The molecule has 3 aromatic carbocycles. The van der Waals surface area contributed by atoms with E-state index in [0.717, 1.165) is 38.9 Å². The number of hydrogen-bond acceptors (Lipinski definition) is 5. The molecule has 8 heteroatoms. The van der Waals surface area contributed by atoms with Crippen molar-refractivity contribution in [3.05, 3.63) is 117 Å². The summed E-state index contributed by atoms with van der Waals surface area (Å²) in [6.45, 7) is 0.594. The minimum atomic E-state index is -0.648. The molecule has 0 amide bonds. The summed E-state index contributed by atoms with van der Waals surface area (Å²) >= 11 is 0. The number of fused-ring (bicyclic) bond motifs is 3. The first-order chi connectivity index (χ1) is 17.6. The van der Waals surface area contributed by atoms with Crippen LogP contribution >= 0.6 is 0 Å². The van der Waals surface area contributed by atoms with Crippen LogP contribution in [0.5, 0.6) is 11.6 Å². The predicted octanol–water partition coefficient (Wildman–Crippen LogP) is 3.42. The number of para-hydroxylation sites is 2. The molecule has 3 heterocycles. The molecular weight excluding hydrogens is 456 g/mol. The van der Waals surface area contributed by atoms with Gasteiger partial charge in [-0.3, -0.25) is 4.79 Å². The predicted molar refractivity (Wildman–Crippen MR) is 138 cm³/mol. The van der Waals surface area contributed by atoms with E-state index in [9.17, 15) is 14.7 Å². The number of nitrogens with zero attached hydrogens (tertiary/aromatic N) is 2. The lowest BCUT2D eigenvalue weighted by molar-refractivity contribution is 0.406. The SMILES string of the molecule is COc1ccc2[nH]c3c(c2c1)CCN[C@H]3c1c(O)n(-c2ccccc2)c(=O)n(-c2ccccc2)c1=O. The van der Waals surface area contributed by atoms with Crippen molar-refractivity contribution in [3.8, 4) is 23.0 Å². The summed E-state index contributed by atoms with van der Waals surface area (Å²) in [4.78, 5) is 31.0. The van der Waals surface area contributed by atoms with Crippen molar-refractivity contribution < 1.29 is 9.84 Å². The summed E-state index contributed by atoms with van der Waals surface area (Å²) in [6, 6.07) is 22.7. The molecule has 36 heavy (non-hydrogen) atoms. The van der Waals surface area contributed by atoms with Crippen molar-refractivity contribution in [2.24, 2.45) is 0 Å². The first-order valence-corrected chi connectivity index (χ1v) is 11.7. The number of benzene rings is 3. The molecular formula is C28H24N4O4. The number of nitrogens with one attached hydrogen (secondary N) is 2. The maximum atomic E-state index is 13.9. The second-order valence-corrected chi connectivity index (χ2v) is 8.73. The monoisotopic (exact) mass is 480 g/mol. The summed E-state index contributed by atoms with van der Waals surface area (Å²) in [5.41, 5.74) is 2.52. The van der Waals surface area contributed by atoms with Gasteiger partial charge < -0.3 is 20.1 Å². The fraction of sp³-hybridized carbons (Fsp3) is 0.143.